The normalized spacial score (nSPS) is 33.8. The number of carboxylic acid groups (broad SMARTS) is 1. The van der Waals surface area contributed by atoms with Crippen LogP contribution in [0.4, 0.5) is 0 Å². The topological polar surface area (TPSA) is 83.8 Å². The van der Waals surface area contributed by atoms with Crippen LogP contribution in [0.2, 0.25) is 0 Å². The lowest BCUT2D eigenvalue weighted by molar-refractivity contribution is -0.149. The van der Waals surface area contributed by atoms with E-state index in [2.05, 4.69) is 6.58 Å². The first-order valence-corrected chi connectivity index (χ1v) is 6.78. The molecular formula is C15H20O5. The number of aliphatic carboxylic acids is 1. The molecule has 0 aromatic heterocycles. The van der Waals surface area contributed by atoms with Gasteiger partial charge in [0.2, 0.25) is 0 Å². The quantitative estimate of drug-likeness (QED) is 0.468. The van der Waals surface area contributed by atoms with E-state index >= 15 is 0 Å². The van der Waals surface area contributed by atoms with E-state index in [9.17, 15) is 14.7 Å². The Morgan fingerprint density at radius 1 is 1.55 bits per heavy atom. The zero-order valence-electron chi connectivity index (χ0n) is 11.8. The molecule has 0 aromatic rings. The molecular weight excluding hydrogens is 260 g/mol. The van der Waals surface area contributed by atoms with Gasteiger partial charge in [-0.3, -0.25) is 4.79 Å². The third-order valence-corrected chi connectivity index (χ3v) is 4.41. The van der Waals surface area contributed by atoms with Crippen LogP contribution in [0.25, 0.3) is 0 Å². The standard InChI is InChI=1S/C15H20O5/c1-8-4-5-10-9(2)14(18)20-13(10)15(3,19)11(8)6-7-12(16)17/h10,13,19H,2,4-7H2,1,3H3,(H,16,17). The van der Waals surface area contributed by atoms with Gasteiger partial charge in [-0.05, 0) is 38.7 Å². The second-order valence-corrected chi connectivity index (χ2v) is 5.80. The van der Waals surface area contributed by atoms with Gasteiger partial charge >= 0.3 is 11.9 Å². The number of esters is 1. The molecule has 5 nitrogen and oxygen atoms in total. The first-order chi connectivity index (χ1) is 9.25. The number of allylic oxidation sites excluding steroid dienone is 1. The Kier molecular flexibility index (Phi) is 3.73. The first kappa shape index (κ1) is 14.8. The van der Waals surface area contributed by atoms with Gasteiger partial charge in [-0.25, -0.2) is 4.79 Å². The summed E-state index contributed by atoms with van der Waals surface area (Å²) in [7, 11) is 0. The summed E-state index contributed by atoms with van der Waals surface area (Å²) < 4.78 is 5.29. The molecule has 2 aliphatic rings. The van der Waals surface area contributed by atoms with E-state index in [4.69, 9.17) is 9.84 Å². The molecule has 1 aliphatic heterocycles. The van der Waals surface area contributed by atoms with Crippen LogP contribution in [0, 0.1) is 5.92 Å². The lowest BCUT2D eigenvalue weighted by Crippen LogP contribution is -2.44. The maximum Gasteiger partial charge on any atom is 0.334 e. The van der Waals surface area contributed by atoms with Crippen LogP contribution in [-0.4, -0.2) is 33.9 Å². The number of carbonyl (C=O) groups excluding carboxylic acids is 1. The van der Waals surface area contributed by atoms with E-state index in [0.29, 0.717) is 24.0 Å². The number of aliphatic hydroxyl groups is 1. The van der Waals surface area contributed by atoms with Crippen molar-refractivity contribution in [3.05, 3.63) is 23.3 Å². The van der Waals surface area contributed by atoms with Crippen molar-refractivity contribution in [2.45, 2.75) is 51.2 Å². The molecule has 0 amide bonds. The summed E-state index contributed by atoms with van der Waals surface area (Å²) in [6, 6.07) is 0. The van der Waals surface area contributed by atoms with Gasteiger partial charge in [-0.2, -0.15) is 0 Å². The zero-order chi connectivity index (χ0) is 15.1. The van der Waals surface area contributed by atoms with E-state index in [1.807, 2.05) is 6.92 Å². The summed E-state index contributed by atoms with van der Waals surface area (Å²) in [5.74, 6) is -1.57. The van der Waals surface area contributed by atoms with E-state index in [1.54, 1.807) is 6.92 Å². The third-order valence-electron chi connectivity index (χ3n) is 4.41. The van der Waals surface area contributed by atoms with Crippen LogP contribution in [0.3, 0.4) is 0 Å². The highest BCUT2D eigenvalue weighted by molar-refractivity contribution is 5.91. The summed E-state index contributed by atoms with van der Waals surface area (Å²) in [5.41, 5.74) is 0.724. The van der Waals surface area contributed by atoms with Crippen molar-refractivity contribution in [2.75, 3.05) is 0 Å². The number of hydrogen-bond acceptors (Lipinski definition) is 4. The van der Waals surface area contributed by atoms with Crippen LogP contribution in [0.15, 0.2) is 23.3 Å². The van der Waals surface area contributed by atoms with Crippen LogP contribution in [0.1, 0.15) is 39.5 Å². The summed E-state index contributed by atoms with van der Waals surface area (Å²) in [5, 5.41) is 19.7. The molecule has 0 saturated carbocycles. The summed E-state index contributed by atoms with van der Waals surface area (Å²) in [6.45, 7) is 7.25. The van der Waals surface area contributed by atoms with Crippen LogP contribution >= 0.6 is 0 Å². The number of hydrogen-bond donors (Lipinski definition) is 2. The highest BCUT2D eigenvalue weighted by Gasteiger charge is 2.51. The molecule has 1 aliphatic carbocycles. The van der Waals surface area contributed by atoms with Crippen molar-refractivity contribution in [3.63, 3.8) is 0 Å². The second-order valence-electron chi connectivity index (χ2n) is 5.80. The van der Waals surface area contributed by atoms with Crippen molar-refractivity contribution in [1.82, 2.24) is 0 Å². The number of carbonyl (C=O) groups is 2. The van der Waals surface area contributed by atoms with Gasteiger partial charge in [0.1, 0.15) is 11.7 Å². The number of carboxylic acids is 1. The number of rotatable bonds is 3. The lowest BCUT2D eigenvalue weighted by Gasteiger charge is -2.33. The average Bonchev–Trinajstić information content (AvgIpc) is 2.58. The van der Waals surface area contributed by atoms with E-state index in [0.717, 1.165) is 5.57 Å². The van der Waals surface area contributed by atoms with E-state index in [1.165, 1.54) is 0 Å². The highest BCUT2D eigenvalue weighted by Crippen LogP contribution is 2.45. The highest BCUT2D eigenvalue weighted by atomic mass is 16.6. The van der Waals surface area contributed by atoms with Crippen molar-refractivity contribution >= 4 is 11.9 Å². The molecule has 1 heterocycles. The summed E-state index contributed by atoms with van der Waals surface area (Å²) in [4.78, 5) is 22.4. The molecule has 0 radical (unpaired) electrons. The largest absolute Gasteiger partial charge is 0.481 e. The maximum atomic E-state index is 11.7. The monoisotopic (exact) mass is 280 g/mol. The molecule has 2 rings (SSSR count). The molecule has 1 saturated heterocycles. The van der Waals surface area contributed by atoms with Crippen LogP contribution in [0.5, 0.6) is 0 Å². The van der Waals surface area contributed by atoms with Crippen LogP contribution < -0.4 is 0 Å². The Bertz CT molecular complexity index is 500. The Hall–Kier alpha value is -1.62. The van der Waals surface area contributed by atoms with Gasteiger partial charge in [0, 0.05) is 17.9 Å². The fourth-order valence-corrected chi connectivity index (χ4v) is 3.26. The molecule has 1 fully saturated rings. The number of fused-ring (bicyclic) bond motifs is 1. The summed E-state index contributed by atoms with van der Waals surface area (Å²) in [6.07, 6.45) is 0.954. The molecule has 0 aromatic carbocycles. The van der Waals surface area contributed by atoms with Crippen molar-refractivity contribution < 1.29 is 24.5 Å². The van der Waals surface area contributed by atoms with Gasteiger partial charge < -0.3 is 14.9 Å². The van der Waals surface area contributed by atoms with Crippen molar-refractivity contribution in [1.29, 1.82) is 0 Å². The first-order valence-electron chi connectivity index (χ1n) is 6.78. The zero-order valence-corrected chi connectivity index (χ0v) is 11.8. The van der Waals surface area contributed by atoms with Crippen molar-refractivity contribution in [2.24, 2.45) is 5.92 Å². The fraction of sp³-hybridized carbons (Fsp3) is 0.600. The Morgan fingerprint density at radius 3 is 2.80 bits per heavy atom. The van der Waals surface area contributed by atoms with E-state index in [-0.39, 0.29) is 18.8 Å². The predicted molar refractivity (Wildman–Crippen MR) is 71.9 cm³/mol. The molecule has 0 bridgehead atoms. The third kappa shape index (κ3) is 2.38. The average molecular weight is 280 g/mol. The molecule has 3 atom stereocenters. The van der Waals surface area contributed by atoms with Gasteiger partial charge in [0.15, 0.2) is 0 Å². The van der Waals surface area contributed by atoms with Gasteiger partial charge in [-0.15, -0.1) is 0 Å². The minimum absolute atomic E-state index is 0.0465. The predicted octanol–water partition coefficient (Wildman–Crippen LogP) is 1.81. The minimum atomic E-state index is -1.34. The maximum absolute atomic E-state index is 11.7. The van der Waals surface area contributed by atoms with Crippen molar-refractivity contribution in [3.8, 4) is 0 Å². The number of ether oxygens (including phenoxy) is 1. The lowest BCUT2D eigenvalue weighted by atomic mass is 9.80. The molecule has 3 unspecified atom stereocenters. The Morgan fingerprint density at radius 2 is 2.20 bits per heavy atom. The molecule has 110 valence electrons. The molecule has 0 spiro atoms. The Balaban J connectivity index is 2.34. The van der Waals surface area contributed by atoms with E-state index < -0.39 is 23.6 Å². The van der Waals surface area contributed by atoms with Gasteiger partial charge in [0.25, 0.3) is 0 Å². The SMILES string of the molecule is C=C1C(=O)OC2C1CCC(C)=C(CCC(=O)O)C2(C)O. The Labute approximate surface area is 117 Å². The molecule has 20 heavy (non-hydrogen) atoms. The fourth-order valence-electron chi connectivity index (χ4n) is 3.26. The summed E-state index contributed by atoms with van der Waals surface area (Å²) >= 11 is 0. The van der Waals surface area contributed by atoms with Gasteiger partial charge in [0.05, 0.1) is 0 Å². The smallest absolute Gasteiger partial charge is 0.334 e. The molecule has 5 heteroatoms. The molecule has 2 N–H and O–H groups in total. The minimum Gasteiger partial charge on any atom is -0.481 e. The van der Waals surface area contributed by atoms with Gasteiger partial charge in [-0.1, -0.05) is 12.2 Å². The second kappa shape index (κ2) is 5.05. The van der Waals surface area contributed by atoms with Crippen LogP contribution in [-0.2, 0) is 14.3 Å².